The van der Waals surface area contributed by atoms with E-state index in [0.717, 1.165) is 0 Å². The van der Waals surface area contributed by atoms with Gasteiger partial charge in [-0.05, 0) is 29.7 Å². The molecule has 1 amide bonds. The van der Waals surface area contributed by atoms with Crippen LogP contribution in [0.15, 0.2) is 48.5 Å². The fraction of sp³-hybridized carbons (Fsp3) is 0.188. The summed E-state index contributed by atoms with van der Waals surface area (Å²) in [4.78, 5) is 12.2. The summed E-state index contributed by atoms with van der Waals surface area (Å²) in [5.74, 6) is 0.0647. The van der Waals surface area contributed by atoms with Crippen molar-refractivity contribution in [1.29, 1.82) is 0 Å². The molecule has 0 saturated carbocycles. The third kappa shape index (κ3) is 2.65. The van der Waals surface area contributed by atoms with E-state index in [1.165, 1.54) is 17.2 Å². The predicted octanol–water partition coefficient (Wildman–Crippen LogP) is 2.05. The number of amides is 1. The van der Waals surface area contributed by atoms with Crippen LogP contribution in [-0.2, 0) is 17.8 Å². The second-order valence-electron chi connectivity index (χ2n) is 4.95. The average molecular weight is 268 g/mol. The van der Waals surface area contributed by atoms with Gasteiger partial charge in [0, 0.05) is 18.3 Å². The van der Waals surface area contributed by atoms with Crippen LogP contribution in [0.25, 0.3) is 0 Å². The van der Waals surface area contributed by atoms with Gasteiger partial charge in [-0.15, -0.1) is 0 Å². The van der Waals surface area contributed by atoms with Crippen molar-refractivity contribution in [3.8, 4) is 5.75 Å². The van der Waals surface area contributed by atoms with Crippen molar-refractivity contribution in [3.63, 3.8) is 0 Å². The van der Waals surface area contributed by atoms with Gasteiger partial charge in [0.1, 0.15) is 5.75 Å². The molecule has 0 bridgehead atoms. The topological polar surface area (TPSA) is 61.4 Å². The summed E-state index contributed by atoms with van der Waals surface area (Å²) in [5, 5.41) is 15.5. The summed E-state index contributed by atoms with van der Waals surface area (Å²) in [6.45, 7) is 0.703. The van der Waals surface area contributed by atoms with E-state index in [9.17, 15) is 9.90 Å². The highest BCUT2D eigenvalue weighted by molar-refractivity contribution is 5.95. The normalized spacial score (nSPS) is 17.3. The first-order chi connectivity index (χ1) is 9.72. The summed E-state index contributed by atoms with van der Waals surface area (Å²) in [5.41, 5.74) is 3.06. The van der Waals surface area contributed by atoms with Gasteiger partial charge in [-0.2, -0.15) is 0 Å². The lowest BCUT2D eigenvalue weighted by Gasteiger charge is -2.25. The van der Waals surface area contributed by atoms with Gasteiger partial charge >= 0.3 is 0 Å². The average Bonchev–Trinajstić information content (AvgIpc) is 2.47. The maximum absolute atomic E-state index is 12.2. The molecule has 0 unspecified atom stereocenters. The second-order valence-corrected chi connectivity index (χ2v) is 4.95. The van der Waals surface area contributed by atoms with E-state index in [-0.39, 0.29) is 17.7 Å². The van der Waals surface area contributed by atoms with Crippen LogP contribution in [0.4, 0.5) is 5.69 Å². The molecular weight excluding hydrogens is 252 g/mol. The van der Waals surface area contributed by atoms with Gasteiger partial charge in [0.25, 0.3) is 0 Å². The van der Waals surface area contributed by atoms with Crippen LogP contribution in [0.1, 0.15) is 11.1 Å². The highest BCUT2D eigenvalue weighted by Crippen LogP contribution is 2.19. The SMILES string of the molecule is O=C(Nc1cccc(O)c1)[C@@H]1Cc2ccccc2CN1. The standard InChI is InChI=1S/C16H16N2O2/c19-14-7-3-6-13(9-14)18-16(20)15-8-11-4-1-2-5-12(11)10-17-15/h1-7,9,15,17,19H,8,10H2,(H,18,20)/t15-/m0/s1. The highest BCUT2D eigenvalue weighted by atomic mass is 16.3. The van der Waals surface area contributed by atoms with Gasteiger partial charge < -0.3 is 15.7 Å². The molecule has 0 saturated heterocycles. The van der Waals surface area contributed by atoms with Crippen molar-refractivity contribution in [2.75, 3.05) is 5.32 Å². The zero-order chi connectivity index (χ0) is 13.9. The Bertz CT molecular complexity index is 640. The smallest absolute Gasteiger partial charge is 0.241 e. The van der Waals surface area contributed by atoms with Crippen molar-refractivity contribution in [2.45, 2.75) is 19.0 Å². The molecule has 1 aliphatic rings. The number of carbonyl (C=O) groups excluding carboxylic acids is 1. The van der Waals surface area contributed by atoms with E-state index in [1.54, 1.807) is 18.2 Å². The molecule has 3 N–H and O–H groups in total. The minimum Gasteiger partial charge on any atom is -0.508 e. The lowest BCUT2D eigenvalue weighted by Crippen LogP contribution is -2.44. The molecule has 2 aromatic carbocycles. The molecular formula is C16H16N2O2. The zero-order valence-electron chi connectivity index (χ0n) is 11.0. The summed E-state index contributed by atoms with van der Waals surface area (Å²) >= 11 is 0. The monoisotopic (exact) mass is 268 g/mol. The number of phenolic OH excluding ortho intramolecular Hbond substituents is 1. The van der Waals surface area contributed by atoms with Gasteiger partial charge in [-0.25, -0.2) is 0 Å². The van der Waals surface area contributed by atoms with E-state index in [1.807, 2.05) is 12.1 Å². The first-order valence-electron chi connectivity index (χ1n) is 6.62. The molecule has 1 heterocycles. The molecule has 0 aliphatic carbocycles. The second kappa shape index (κ2) is 5.35. The number of fused-ring (bicyclic) bond motifs is 1. The molecule has 20 heavy (non-hydrogen) atoms. The predicted molar refractivity (Wildman–Crippen MR) is 77.5 cm³/mol. The summed E-state index contributed by atoms with van der Waals surface area (Å²) < 4.78 is 0. The van der Waals surface area contributed by atoms with Gasteiger partial charge in [0.05, 0.1) is 6.04 Å². The van der Waals surface area contributed by atoms with Crippen LogP contribution in [-0.4, -0.2) is 17.1 Å². The number of rotatable bonds is 2. The molecule has 0 spiro atoms. The highest BCUT2D eigenvalue weighted by Gasteiger charge is 2.23. The maximum atomic E-state index is 12.2. The van der Waals surface area contributed by atoms with E-state index in [2.05, 4.69) is 22.8 Å². The van der Waals surface area contributed by atoms with Crippen molar-refractivity contribution >= 4 is 11.6 Å². The number of hydrogen-bond acceptors (Lipinski definition) is 3. The number of aromatic hydroxyl groups is 1. The Morgan fingerprint density at radius 1 is 1.15 bits per heavy atom. The summed E-state index contributed by atoms with van der Waals surface area (Å²) in [6, 6.07) is 14.5. The molecule has 4 nitrogen and oxygen atoms in total. The van der Waals surface area contributed by atoms with Crippen molar-refractivity contribution in [1.82, 2.24) is 5.32 Å². The van der Waals surface area contributed by atoms with Crippen LogP contribution < -0.4 is 10.6 Å². The Morgan fingerprint density at radius 3 is 2.75 bits per heavy atom. The molecule has 4 heteroatoms. The van der Waals surface area contributed by atoms with Gasteiger partial charge in [-0.1, -0.05) is 30.3 Å². The summed E-state index contributed by atoms with van der Waals surface area (Å²) in [6.07, 6.45) is 0.681. The lowest BCUT2D eigenvalue weighted by molar-refractivity contribution is -0.118. The molecule has 2 aromatic rings. The number of hydrogen-bond donors (Lipinski definition) is 3. The fourth-order valence-electron chi connectivity index (χ4n) is 2.45. The Balaban J connectivity index is 1.70. The first-order valence-corrected chi connectivity index (χ1v) is 6.62. The molecule has 102 valence electrons. The number of benzene rings is 2. The molecule has 0 fully saturated rings. The van der Waals surface area contributed by atoms with Gasteiger partial charge in [0.15, 0.2) is 0 Å². The van der Waals surface area contributed by atoms with Crippen LogP contribution in [0.2, 0.25) is 0 Å². The van der Waals surface area contributed by atoms with Crippen LogP contribution in [0.5, 0.6) is 5.75 Å². The Labute approximate surface area is 117 Å². The van der Waals surface area contributed by atoms with Gasteiger partial charge in [0.2, 0.25) is 5.91 Å². The van der Waals surface area contributed by atoms with E-state index in [0.29, 0.717) is 18.7 Å². The third-order valence-corrected chi connectivity index (χ3v) is 3.51. The third-order valence-electron chi connectivity index (χ3n) is 3.51. The van der Waals surface area contributed by atoms with Crippen LogP contribution in [0.3, 0.4) is 0 Å². The molecule has 1 atom stereocenters. The minimum atomic E-state index is -0.243. The summed E-state index contributed by atoms with van der Waals surface area (Å²) in [7, 11) is 0. The lowest BCUT2D eigenvalue weighted by atomic mass is 9.95. The number of phenols is 1. The maximum Gasteiger partial charge on any atom is 0.241 e. The van der Waals surface area contributed by atoms with E-state index >= 15 is 0 Å². The minimum absolute atomic E-state index is 0.0786. The number of anilines is 1. The Morgan fingerprint density at radius 2 is 1.95 bits per heavy atom. The van der Waals surface area contributed by atoms with Crippen molar-refractivity contribution < 1.29 is 9.90 Å². The van der Waals surface area contributed by atoms with E-state index in [4.69, 9.17) is 0 Å². The van der Waals surface area contributed by atoms with Crippen LogP contribution in [0, 0.1) is 0 Å². The largest absolute Gasteiger partial charge is 0.508 e. The molecule has 0 radical (unpaired) electrons. The molecule has 3 rings (SSSR count). The van der Waals surface area contributed by atoms with E-state index < -0.39 is 0 Å². The first kappa shape index (κ1) is 12.7. The van der Waals surface area contributed by atoms with Crippen molar-refractivity contribution in [3.05, 3.63) is 59.7 Å². The zero-order valence-corrected chi connectivity index (χ0v) is 11.0. The molecule has 1 aliphatic heterocycles. The van der Waals surface area contributed by atoms with Gasteiger partial charge in [-0.3, -0.25) is 4.79 Å². The van der Waals surface area contributed by atoms with Crippen LogP contribution >= 0.6 is 0 Å². The fourth-order valence-corrected chi connectivity index (χ4v) is 2.45. The Kier molecular flexibility index (Phi) is 3.39. The number of nitrogens with one attached hydrogen (secondary N) is 2. The quantitative estimate of drug-likeness (QED) is 0.781. The Hall–Kier alpha value is -2.33. The number of carbonyl (C=O) groups is 1. The van der Waals surface area contributed by atoms with Crippen molar-refractivity contribution in [2.24, 2.45) is 0 Å². The molecule has 0 aromatic heterocycles.